The zero-order chi connectivity index (χ0) is 15.3. The molecule has 1 heterocycles. The molecule has 1 aromatic carbocycles. The maximum Gasteiger partial charge on any atom is 0.264 e. The van der Waals surface area contributed by atoms with Gasteiger partial charge >= 0.3 is 0 Å². The van der Waals surface area contributed by atoms with Crippen molar-refractivity contribution in [3.05, 3.63) is 40.9 Å². The van der Waals surface area contributed by atoms with Crippen molar-refractivity contribution in [2.24, 2.45) is 0 Å². The molecule has 0 radical (unpaired) electrons. The summed E-state index contributed by atoms with van der Waals surface area (Å²) in [5.41, 5.74) is 1.15. The van der Waals surface area contributed by atoms with E-state index < -0.39 is 10.0 Å². The summed E-state index contributed by atoms with van der Waals surface area (Å²) in [7, 11) is -3.73. The number of aliphatic hydroxyl groups is 1. The summed E-state index contributed by atoms with van der Waals surface area (Å²) in [6, 6.07) is 6.48. The molecule has 0 atom stereocenters. The fourth-order valence-corrected chi connectivity index (χ4v) is 3.69. The van der Waals surface area contributed by atoms with E-state index in [2.05, 4.69) is 21.5 Å². The predicted octanol–water partition coefficient (Wildman–Crippen LogP) is 1.99. The zero-order valence-electron chi connectivity index (χ0n) is 11.3. The van der Waals surface area contributed by atoms with Crippen LogP contribution in [0.1, 0.15) is 17.7 Å². The molecule has 21 heavy (non-hydrogen) atoms. The van der Waals surface area contributed by atoms with E-state index in [1.807, 2.05) is 0 Å². The van der Waals surface area contributed by atoms with Gasteiger partial charge in [0.25, 0.3) is 10.0 Å². The number of anilines is 1. The van der Waals surface area contributed by atoms with Gasteiger partial charge in [-0.2, -0.15) is 0 Å². The summed E-state index contributed by atoms with van der Waals surface area (Å²) in [4.78, 5) is 4.19. The number of aliphatic hydroxyl groups excluding tert-OH is 1. The zero-order valence-corrected chi connectivity index (χ0v) is 13.0. The van der Waals surface area contributed by atoms with Crippen LogP contribution in [0.4, 0.5) is 5.13 Å². The number of thiazole rings is 1. The van der Waals surface area contributed by atoms with E-state index in [0.717, 1.165) is 5.69 Å². The first-order chi connectivity index (χ1) is 10.0. The lowest BCUT2D eigenvalue weighted by molar-refractivity contribution is 0.305. The fraction of sp³-hybridized carbons (Fsp3) is 0.214. The predicted molar refractivity (Wildman–Crippen MR) is 82.7 cm³/mol. The van der Waals surface area contributed by atoms with Crippen LogP contribution in [0, 0.1) is 18.8 Å². The van der Waals surface area contributed by atoms with E-state index >= 15 is 0 Å². The molecule has 1 aromatic heterocycles. The second kappa shape index (κ2) is 6.72. The van der Waals surface area contributed by atoms with E-state index in [1.54, 1.807) is 30.5 Å². The molecule has 0 bridgehead atoms. The molecule has 110 valence electrons. The van der Waals surface area contributed by atoms with E-state index in [-0.39, 0.29) is 11.5 Å². The number of hydrogen-bond acceptors (Lipinski definition) is 5. The maximum absolute atomic E-state index is 12.4. The van der Waals surface area contributed by atoms with Gasteiger partial charge in [-0.25, -0.2) is 13.4 Å². The van der Waals surface area contributed by atoms with Gasteiger partial charge in [0, 0.05) is 17.4 Å². The first kappa shape index (κ1) is 15.5. The number of nitrogens with zero attached hydrogens (tertiary/aromatic N) is 1. The van der Waals surface area contributed by atoms with Gasteiger partial charge in [0.1, 0.15) is 4.90 Å². The summed E-state index contributed by atoms with van der Waals surface area (Å²) in [6.07, 6.45) is 0.299. The van der Waals surface area contributed by atoms with Crippen LogP contribution in [-0.2, 0) is 10.0 Å². The summed E-state index contributed by atoms with van der Waals surface area (Å²) < 4.78 is 27.3. The van der Waals surface area contributed by atoms with Crippen LogP contribution in [0.3, 0.4) is 0 Å². The van der Waals surface area contributed by atoms with Crippen LogP contribution in [0.25, 0.3) is 0 Å². The molecular formula is C14H14N2O3S2. The maximum atomic E-state index is 12.4. The van der Waals surface area contributed by atoms with Gasteiger partial charge in [-0.3, -0.25) is 4.72 Å². The highest BCUT2D eigenvalue weighted by Gasteiger charge is 2.18. The van der Waals surface area contributed by atoms with Gasteiger partial charge in [-0.15, -0.1) is 11.3 Å². The third-order valence-electron chi connectivity index (χ3n) is 2.48. The molecule has 0 aliphatic rings. The van der Waals surface area contributed by atoms with E-state index in [9.17, 15) is 8.42 Å². The molecule has 0 amide bonds. The number of nitrogens with one attached hydrogen (secondary N) is 1. The Hall–Kier alpha value is -1.88. The molecule has 7 heteroatoms. The standard InChI is InChI=1S/C14H14N2O3S2/c1-11-10-20-14(15-11)16-21(18,19)13-8-3-2-6-12(13)7-4-5-9-17/h2-3,6,8,10,17H,5,9H2,1H3,(H,15,16). The second-order valence-corrected chi connectivity index (χ2v) is 6.68. The van der Waals surface area contributed by atoms with Crippen LogP contribution in [0.5, 0.6) is 0 Å². The van der Waals surface area contributed by atoms with E-state index in [4.69, 9.17) is 5.11 Å². The number of aryl methyl sites for hydroxylation is 1. The summed E-state index contributed by atoms with van der Waals surface area (Å²) in [5.74, 6) is 5.49. The van der Waals surface area contributed by atoms with Gasteiger partial charge in [0.2, 0.25) is 0 Å². The topological polar surface area (TPSA) is 79.3 Å². The monoisotopic (exact) mass is 322 g/mol. The Kier molecular flexibility index (Phi) is 4.96. The Bertz CT molecular complexity index is 786. The Labute approximate surface area is 127 Å². The smallest absolute Gasteiger partial charge is 0.264 e. The quantitative estimate of drug-likeness (QED) is 0.844. The van der Waals surface area contributed by atoms with Gasteiger partial charge in [-0.1, -0.05) is 24.0 Å². The van der Waals surface area contributed by atoms with Gasteiger partial charge in [-0.05, 0) is 19.1 Å². The van der Waals surface area contributed by atoms with Crippen LogP contribution in [0.2, 0.25) is 0 Å². The molecule has 2 N–H and O–H groups in total. The summed E-state index contributed by atoms with van der Waals surface area (Å²) >= 11 is 1.23. The Morgan fingerprint density at radius 2 is 2.14 bits per heavy atom. The van der Waals surface area contributed by atoms with Crippen molar-refractivity contribution in [1.82, 2.24) is 4.98 Å². The van der Waals surface area contributed by atoms with Crippen LogP contribution in [-0.4, -0.2) is 25.1 Å². The normalized spacial score (nSPS) is 10.8. The molecule has 0 aliphatic heterocycles. The molecular weight excluding hydrogens is 308 g/mol. The van der Waals surface area contributed by atoms with Crippen molar-refractivity contribution >= 4 is 26.5 Å². The number of rotatable bonds is 4. The highest BCUT2D eigenvalue weighted by atomic mass is 32.2. The summed E-state index contributed by atoms with van der Waals surface area (Å²) in [5, 5.41) is 10.8. The van der Waals surface area contributed by atoms with Gasteiger partial charge in [0.05, 0.1) is 12.3 Å². The van der Waals surface area contributed by atoms with Crippen molar-refractivity contribution < 1.29 is 13.5 Å². The molecule has 2 aromatic rings. The van der Waals surface area contributed by atoms with Crippen LogP contribution in [0.15, 0.2) is 34.5 Å². The van der Waals surface area contributed by atoms with Crippen molar-refractivity contribution in [3.63, 3.8) is 0 Å². The minimum atomic E-state index is -3.73. The van der Waals surface area contributed by atoms with Crippen LogP contribution < -0.4 is 4.72 Å². The third-order valence-corrected chi connectivity index (χ3v) is 4.88. The molecule has 0 spiro atoms. The lowest BCUT2D eigenvalue weighted by atomic mass is 10.2. The minimum absolute atomic E-state index is 0.0570. The summed E-state index contributed by atoms with van der Waals surface area (Å²) in [6.45, 7) is 1.74. The fourth-order valence-electron chi connectivity index (χ4n) is 1.59. The first-order valence-electron chi connectivity index (χ1n) is 6.16. The Balaban J connectivity index is 2.34. The lowest BCUT2D eigenvalue weighted by Gasteiger charge is -2.07. The minimum Gasteiger partial charge on any atom is -0.395 e. The van der Waals surface area contributed by atoms with Gasteiger partial charge < -0.3 is 5.11 Å². The number of aromatic nitrogens is 1. The highest BCUT2D eigenvalue weighted by molar-refractivity contribution is 7.93. The average molecular weight is 322 g/mol. The van der Waals surface area contributed by atoms with Crippen molar-refractivity contribution in [2.45, 2.75) is 18.2 Å². The van der Waals surface area contributed by atoms with Crippen molar-refractivity contribution in [2.75, 3.05) is 11.3 Å². The molecule has 0 aliphatic carbocycles. The van der Waals surface area contributed by atoms with Gasteiger partial charge in [0.15, 0.2) is 5.13 Å². The molecule has 5 nitrogen and oxygen atoms in total. The Morgan fingerprint density at radius 1 is 1.38 bits per heavy atom. The Morgan fingerprint density at radius 3 is 2.81 bits per heavy atom. The van der Waals surface area contributed by atoms with Crippen molar-refractivity contribution in [1.29, 1.82) is 0 Å². The number of hydrogen-bond donors (Lipinski definition) is 2. The molecule has 0 saturated carbocycles. The largest absolute Gasteiger partial charge is 0.395 e. The van der Waals surface area contributed by atoms with Crippen molar-refractivity contribution in [3.8, 4) is 11.8 Å². The SMILES string of the molecule is Cc1csc(NS(=O)(=O)c2ccccc2C#CCCO)n1. The average Bonchev–Trinajstić information content (AvgIpc) is 2.84. The first-order valence-corrected chi connectivity index (χ1v) is 8.53. The van der Waals surface area contributed by atoms with Crippen LogP contribution >= 0.6 is 11.3 Å². The highest BCUT2D eigenvalue weighted by Crippen LogP contribution is 2.21. The lowest BCUT2D eigenvalue weighted by Crippen LogP contribution is -2.14. The van der Waals surface area contributed by atoms with E-state index in [1.165, 1.54) is 17.4 Å². The third kappa shape index (κ3) is 4.04. The number of sulfonamides is 1. The molecule has 0 saturated heterocycles. The second-order valence-electron chi connectivity index (χ2n) is 4.17. The number of benzene rings is 1. The molecule has 0 fully saturated rings. The molecule has 0 unspecified atom stereocenters. The molecule has 2 rings (SSSR count). The van der Waals surface area contributed by atoms with E-state index in [0.29, 0.717) is 17.1 Å².